The predicted molar refractivity (Wildman–Crippen MR) is 108 cm³/mol. The molecule has 1 saturated heterocycles. The molecule has 3 rings (SSSR count). The molecule has 0 aliphatic carbocycles. The summed E-state index contributed by atoms with van der Waals surface area (Å²) in [7, 11) is -3.52. The quantitative estimate of drug-likeness (QED) is 0.806. The number of carbonyl (C=O) groups is 1. The average Bonchev–Trinajstić information content (AvgIpc) is 2.68. The van der Waals surface area contributed by atoms with Crippen LogP contribution in [0.15, 0.2) is 47.5 Å². The van der Waals surface area contributed by atoms with E-state index in [9.17, 15) is 13.2 Å². The minimum atomic E-state index is -3.52. The SMILES string of the molecule is Cc1ccc(S(=O)(=O)N2CCC(C(=O)NCCc3ccccn3)CC2)c(C)c1. The number of hydrogen-bond acceptors (Lipinski definition) is 4. The molecule has 0 unspecified atom stereocenters. The third-order valence-corrected chi connectivity index (χ3v) is 7.24. The van der Waals surface area contributed by atoms with Gasteiger partial charge in [-0.1, -0.05) is 23.8 Å². The normalized spacial score (nSPS) is 16.1. The number of pyridine rings is 1. The standard InChI is InChI=1S/C21H27N3O3S/c1-16-6-7-20(17(2)15-16)28(26,27)24-13-9-18(10-14-24)21(25)23-12-8-19-5-3-4-11-22-19/h3-7,11,15,18H,8-10,12-14H2,1-2H3,(H,23,25). The van der Waals surface area contributed by atoms with Crippen molar-refractivity contribution in [2.45, 2.75) is 38.0 Å². The maximum atomic E-state index is 12.9. The van der Waals surface area contributed by atoms with Crippen LogP contribution in [-0.4, -0.2) is 43.2 Å². The highest BCUT2D eigenvalue weighted by Crippen LogP contribution is 2.26. The van der Waals surface area contributed by atoms with Crippen molar-refractivity contribution in [3.05, 3.63) is 59.4 Å². The molecule has 1 aromatic carbocycles. The van der Waals surface area contributed by atoms with Crippen molar-refractivity contribution in [1.29, 1.82) is 0 Å². The third-order valence-electron chi connectivity index (χ3n) is 5.18. The number of rotatable bonds is 6. The topological polar surface area (TPSA) is 79.4 Å². The lowest BCUT2D eigenvalue weighted by Crippen LogP contribution is -2.43. The molecule has 7 heteroatoms. The van der Waals surface area contributed by atoms with Gasteiger partial charge < -0.3 is 5.32 Å². The molecule has 1 aromatic heterocycles. The highest BCUT2D eigenvalue weighted by atomic mass is 32.2. The minimum absolute atomic E-state index is 0.000467. The lowest BCUT2D eigenvalue weighted by molar-refractivity contribution is -0.126. The van der Waals surface area contributed by atoms with E-state index >= 15 is 0 Å². The van der Waals surface area contributed by atoms with Gasteiger partial charge in [-0.2, -0.15) is 4.31 Å². The van der Waals surface area contributed by atoms with Crippen molar-refractivity contribution >= 4 is 15.9 Å². The Morgan fingerprint density at radius 3 is 2.57 bits per heavy atom. The number of nitrogens with zero attached hydrogens (tertiary/aromatic N) is 2. The number of sulfonamides is 1. The third kappa shape index (κ3) is 4.77. The Balaban J connectivity index is 1.52. The highest BCUT2D eigenvalue weighted by molar-refractivity contribution is 7.89. The van der Waals surface area contributed by atoms with Gasteiger partial charge in [0.05, 0.1) is 4.90 Å². The summed E-state index contributed by atoms with van der Waals surface area (Å²) in [5.74, 6) is -0.145. The van der Waals surface area contributed by atoms with E-state index in [4.69, 9.17) is 0 Å². The molecular formula is C21H27N3O3S. The monoisotopic (exact) mass is 401 g/mol. The van der Waals surface area contributed by atoms with Gasteiger partial charge in [-0.05, 0) is 50.5 Å². The number of aryl methyl sites for hydroxylation is 2. The Kier molecular flexibility index (Phi) is 6.46. The first-order chi connectivity index (χ1) is 13.4. The van der Waals surface area contributed by atoms with Gasteiger partial charge in [0, 0.05) is 43.9 Å². The van der Waals surface area contributed by atoms with E-state index in [1.807, 2.05) is 44.2 Å². The highest BCUT2D eigenvalue weighted by Gasteiger charge is 2.32. The summed E-state index contributed by atoms with van der Waals surface area (Å²) in [5.41, 5.74) is 2.74. The fraction of sp³-hybridized carbons (Fsp3) is 0.429. The molecule has 1 aliphatic heterocycles. The zero-order valence-corrected chi connectivity index (χ0v) is 17.2. The van der Waals surface area contributed by atoms with Crippen LogP contribution < -0.4 is 5.32 Å². The van der Waals surface area contributed by atoms with E-state index in [1.165, 1.54) is 4.31 Å². The van der Waals surface area contributed by atoms with Crippen LogP contribution >= 0.6 is 0 Å². The molecule has 1 fully saturated rings. The van der Waals surface area contributed by atoms with Crippen LogP contribution in [0.25, 0.3) is 0 Å². The zero-order valence-electron chi connectivity index (χ0n) is 16.4. The number of benzene rings is 1. The molecule has 28 heavy (non-hydrogen) atoms. The number of aromatic nitrogens is 1. The molecule has 1 N–H and O–H groups in total. The van der Waals surface area contributed by atoms with Crippen LogP contribution in [0.4, 0.5) is 0 Å². The van der Waals surface area contributed by atoms with Gasteiger partial charge >= 0.3 is 0 Å². The van der Waals surface area contributed by atoms with Crippen molar-refractivity contribution < 1.29 is 13.2 Å². The second-order valence-electron chi connectivity index (χ2n) is 7.31. The summed E-state index contributed by atoms with van der Waals surface area (Å²) >= 11 is 0. The van der Waals surface area contributed by atoms with Gasteiger partial charge in [0.25, 0.3) is 0 Å². The van der Waals surface area contributed by atoms with Crippen molar-refractivity contribution in [3.63, 3.8) is 0 Å². The Labute approximate surface area is 167 Å². The van der Waals surface area contributed by atoms with Crippen molar-refractivity contribution in [1.82, 2.24) is 14.6 Å². The van der Waals surface area contributed by atoms with E-state index in [-0.39, 0.29) is 11.8 Å². The molecule has 0 spiro atoms. The molecule has 0 radical (unpaired) electrons. The average molecular weight is 402 g/mol. The number of nitrogens with one attached hydrogen (secondary N) is 1. The molecule has 1 aliphatic rings. The van der Waals surface area contributed by atoms with Crippen LogP contribution in [0.3, 0.4) is 0 Å². The second-order valence-corrected chi connectivity index (χ2v) is 9.22. The summed E-state index contributed by atoms with van der Waals surface area (Å²) in [6.07, 6.45) is 3.51. The van der Waals surface area contributed by atoms with Gasteiger partial charge in [-0.15, -0.1) is 0 Å². The Morgan fingerprint density at radius 1 is 1.18 bits per heavy atom. The summed E-state index contributed by atoms with van der Waals surface area (Å²) in [5, 5.41) is 2.95. The van der Waals surface area contributed by atoms with Crippen LogP contribution in [0.1, 0.15) is 29.7 Å². The summed E-state index contributed by atoms with van der Waals surface area (Å²) in [6, 6.07) is 11.1. The van der Waals surface area contributed by atoms with Gasteiger partial charge in [-0.3, -0.25) is 9.78 Å². The van der Waals surface area contributed by atoms with Gasteiger partial charge in [-0.25, -0.2) is 8.42 Å². The molecule has 0 saturated carbocycles. The summed E-state index contributed by atoms with van der Waals surface area (Å²) in [6.45, 7) is 5.04. The van der Waals surface area contributed by atoms with E-state index in [0.29, 0.717) is 43.8 Å². The Morgan fingerprint density at radius 2 is 1.93 bits per heavy atom. The first-order valence-electron chi connectivity index (χ1n) is 9.63. The van der Waals surface area contributed by atoms with E-state index in [2.05, 4.69) is 10.3 Å². The van der Waals surface area contributed by atoms with Crippen LogP contribution in [-0.2, 0) is 21.2 Å². The van der Waals surface area contributed by atoms with E-state index < -0.39 is 10.0 Å². The van der Waals surface area contributed by atoms with Gasteiger partial charge in [0.1, 0.15) is 0 Å². The fourth-order valence-electron chi connectivity index (χ4n) is 3.59. The van der Waals surface area contributed by atoms with Crippen LogP contribution in [0.2, 0.25) is 0 Å². The maximum Gasteiger partial charge on any atom is 0.243 e. The molecule has 2 heterocycles. The first-order valence-corrected chi connectivity index (χ1v) is 11.1. The number of carbonyl (C=O) groups excluding carboxylic acids is 1. The number of piperidine rings is 1. The summed E-state index contributed by atoms with van der Waals surface area (Å²) < 4.78 is 27.4. The van der Waals surface area contributed by atoms with E-state index in [1.54, 1.807) is 12.3 Å². The molecule has 0 atom stereocenters. The van der Waals surface area contributed by atoms with Crippen LogP contribution in [0.5, 0.6) is 0 Å². The Hall–Kier alpha value is -2.25. The lowest BCUT2D eigenvalue weighted by atomic mass is 9.97. The molecular weight excluding hydrogens is 374 g/mol. The predicted octanol–water partition coefficient (Wildman–Crippen LogP) is 2.46. The summed E-state index contributed by atoms with van der Waals surface area (Å²) in [4.78, 5) is 17.0. The van der Waals surface area contributed by atoms with Crippen molar-refractivity contribution in [3.8, 4) is 0 Å². The lowest BCUT2D eigenvalue weighted by Gasteiger charge is -2.31. The largest absolute Gasteiger partial charge is 0.355 e. The first kappa shape index (κ1) is 20.5. The van der Waals surface area contributed by atoms with Gasteiger partial charge in [0.2, 0.25) is 15.9 Å². The Bertz CT molecular complexity index is 921. The number of hydrogen-bond donors (Lipinski definition) is 1. The maximum absolute atomic E-state index is 12.9. The van der Waals surface area contributed by atoms with Gasteiger partial charge in [0.15, 0.2) is 0 Å². The molecule has 6 nitrogen and oxygen atoms in total. The smallest absolute Gasteiger partial charge is 0.243 e. The minimum Gasteiger partial charge on any atom is -0.355 e. The fourth-order valence-corrected chi connectivity index (χ4v) is 5.27. The molecule has 2 aromatic rings. The van der Waals surface area contributed by atoms with Crippen LogP contribution in [0, 0.1) is 19.8 Å². The zero-order chi connectivity index (χ0) is 20.1. The van der Waals surface area contributed by atoms with E-state index in [0.717, 1.165) is 16.8 Å². The molecule has 150 valence electrons. The number of amides is 1. The van der Waals surface area contributed by atoms with Crippen molar-refractivity contribution in [2.24, 2.45) is 5.92 Å². The molecule has 1 amide bonds. The van der Waals surface area contributed by atoms with Crippen molar-refractivity contribution in [2.75, 3.05) is 19.6 Å². The molecule has 0 bridgehead atoms. The second kappa shape index (κ2) is 8.84.